The fourth-order valence-corrected chi connectivity index (χ4v) is 6.45. The third-order valence-corrected chi connectivity index (χ3v) is 8.61. The van der Waals surface area contributed by atoms with Crippen LogP contribution >= 0.6 is 11.3 Å². The van der Waals surface area contributed by atoms with Crippen molar-refractivity contribution in [1.82, 2.24) is 19.5 Å². The van der Waals surface area contributed by atoms with E-state index in [4.69, 9.17) is 0 Å². The highest BCUT2D eigenvalue weighted by atomic mass is 32.2. The Balaban J connectivity index is 1.54. The Hall–Kier alpha value is -1.81. The molecule has 0 saturated carbocycles. The van der Waals surface area contributed by atoms with Crippen molar-refractivity contribution >= 4 is 27.3 Å². The monoisotopic (exact) mass is 434 g/mol. The van der Waals surface area contributed by atoms with Gasteiger partial charge in [-0.1, -0.05) is 12.1 Å². The van der Waals surface area contributed by atoms with Crippen LogP contribution in [0.4, 0.5) is 0 Å². The van der Waals surface area contributed by atoms with E-state index >= 15 is 0 Å². The molecule has 0 bridgehead atoms. The SMILES string of the molecule is Cc1cccc(S(=O)(=O)N2CCC3(CC2)C(=O)NCCN3Cc2csc(C)n2)c1. The van der Waals surface area contributed by atoms with Gasteiger partial charge in [0, 0.05) is 38.1 Å². The Kier molecular flexibility index (Phi) is 5.50. The number of aryl methyl sites for hydroxylation is 2. The highest BCUT2D eigenvalue weighted by molar-refractivity contribution is 7.89. The summed E-state index contributed by atoms with van der Waals surface area (Å²) < 4.78 is 27.7. The Bertz CT molecular complexity index is 1010. The average Bonchev–Trinajstić information content (AvgIpc) is 3.11. The Labute approximate surface area is 175 Å². The van der Waals surface area contributed by atoms with Crippen molar-refractivity contribution in [2.45, 2.75) is 43.7 Å². The molecule has 1 amide bonds. The second-order valence-corrected chi connectivity index (χ2v) is 10.8. The van der Waals surface area contributed by atoms with Crippen LogP contribution in [0.1, 0.15) is 29.1 Å². The molecule has 2 aromatic rings. The van der Waals surface area contributed by atoms with E-state index in [0.29, 0.717) is 43.9 Å². The maximum Gasteiger partial charge on any atom is 0.243 e. The van der Waals surface area contributed by atoms with E-state index in [1.165, 1.54) is 4.31 Å². The maximum absolute atomic E-state index is 13.1. The minimum absolute atomic E-state index is 0.00306. The van der Waals surface area contributed by atoms with Crippen molar-refractivity contribution in [3.05, 3.63) is 45.9 Å². The number of hydrogen-bond acceptors (Lipinski definition) is 6. The number of aromatic nitrogens is 1. The Morgan fingerprint density at radius 2 is 1.97 bits per heavy atom. The fourth-order valence-electron chi connectivity index (χ4n) is 4.30. The number of benzene rings is 1. The number of nitrogens with one attached hydrogen (secondary N) is 1. The van der Waals surface area contributed by atoms with E-state index in [1.54, 1.807) is 29.5 Å². The molecule has 2 saturated heterocycles. The van der Waals surface area contributed by atoms with Crippen molar-refractivity contribution in [3.63, 3.8) is 0 Å². The number of piperidine rings is 1. The molecule has 1 spiro atoms. The van der Waals surface area contributed by atoms with Gasteiger partial charge in [0.05, 0.1) is 15.6 Å². The van der Waals surface area contributed by atoms with Gasteiger partial charge in [0.15, 0.2) is 0 Å². The second kappa shape index (κ2) is 7.79. The van der Waals surface area contributed by atoms with Crippen molar-refractivity contribution in [1.29, 1.82) is 0 Å². The number of amides is 1. The quantitative estimate of drug-likeness (QED) is 0.795. The molecular formula is C20H26N4O3S2. The topological polar surface area (TPSA) is 82.6 Å². The zero-order valence-electron chi connectivity index (χ0n) is 16.7. The molecule has 156 valence electrons. The molecule has 0 aliphatic carbocycles. The van der Waals surface area contributed by atoms with Crippen molar-refractivity contribution in [2.24, 2.45) is 0 Å². The molecule has 29 heavy (non-hydrogen) atoms. The largest absolute Gasteiger partial charge is 0.353 e. The fraction of sp³-hybridized carbons (Fsp3) is 0.500. The van der Waals surface area contributed by atoms with E-state index in [1.807, 2.05) is 25.3 Å². The highest BCUT2D eigenvalue weighted by Crippen LogP contribution is 2.34. The lowest BCUT2D eigenvalue weighted by Gasteiger charge is -2.49. The molecule has 1 aromatic heterocycles. The van der Waals surface area contributed by atoms with Gasteiger partial charge >= 0.3 is 0 Å². The van der Waals surface area contributed by atoms with Crippen LogP contribution in [0.25, 0.3) is 0 Å². The number of hydrogen-bond donors (Lipinski definition) is 1. The normalized spacial score (nSPS) is 20.7. The summed E-state index contributed by atoms with van der Waals surface area (Å²) in [5.41, 5.74) is 1.21. The summed E-state index contributed by atoms with van der Waals surface area (Å²) in [4.78, 5) is 20.0. The molecule has 7 nitrogen and oxygen atoms in total. The van der Waals surface area contributed by atoms with Crippen molar-refractivity contribution in [3.8, 4) is 0 Å². The lowest BCUT2D eigenvalue weighted by molar-refractivity contribution is -0.141. The first-order valence-electron chi connectivity index (χ1n) is 9.82. The maximum atomic E-state index is 13.1. The zero-order valence-corrected chi connectivity index (χ0v) is 18.4. The molecule has 1 aromatic carbocycles. The molecule has 2 aliphatic heterocycles. The van der Waals surface area contributed by atoms with Crippen LogP contribution in [-0.4, -0.2) is 60.2 Å². The summed E-state index contributed by atoms with van der Waals surface area (Å²) in [5.74, 6) is 0.00306. The van der Waals surface area contributed by atoms with Crippen LogP contribution in [0, 0.1) is 13.8 Å². The van der Waals surface area contributed by atoms with Gasteiger partial charge < -0.3 is 5.32 Å². The predicted octanol–water partition coefficient (Wildman–Crippen LogP) is 1.92. The van der Waals surface area contributed by atoms with Gasteiger partial charge in [-0.2, -0.15) is 4.31 Å². The molecule has 9 heteroatoms. The molecule has 2 fully saturated rings. The average molecular weight is 435 g/mol. The summed E-state index contributed by atoms with van der Waals surface area (Å²) >= 11 is 1.61. The first-order chi connectivity index (χ1) is 13.8. The van der Waals surface area contributed by atoms with E-state index in [-0.39, 0.29) is 5.91 Å². The van der Waals surface area contributed by atoms with Gasteiger partial charge in [-0.25, -0.2) is 13.4 Å². The molecule has 4 rings (SSSR count). The standard InChI is InChI=1S/C20H26N4O3S2/c1-15-4-3-5-18(12-15)29(26,27)24-9-6-20(7-10-24)19(25)21-8-11-23(20)13-17-14-28-16(2)22-17/h3-5,12,14H,6-11,13H2,1-2H3,(H,21,25). The van der Waals surface area contributed by atoms with Gasteiger partial charge in [0.1, 0.15) is 5.54 Å². The summed E-state index contributed by atoms with van der Waals surface area (Å²) in [6.07, 6.45) is 0.958. The van der Waals surface area contributed by atoms with Gasteiger partial charge in [0.25, 0.3) is 0 Å². The molecular weight excluding hydrogens is 408 g/mol. The Morgan fingerprint density at radius 1 is 1.21 bits per heavy atom. The summed E-state index contributed by atoms with van der Waals surface area (Å²) in [7, 11) is -3.56. The van der Waals surface area contributed by atoms with Crippen LogP contribution < -0.4 is 5.32 Å². The van der Waals surface area contributed by atoms with Gasteiger partial charge in [-0.15, -0.1) is 11.3 Å². The number of nitrogens with zero attached hydrogens (tertiary/aromatic N) is 3. The lowest BCUT2D eigenvalue weighted by atomic mass is 9.83. The second-order valence-electron chi connectivity index (χ2n) is 7.79. The molecule has 3 heterocycles. The van der Waals surface area contributed by atoms with Crippen molar-refractivity contribution < 1.29 is 13.2 Å². The van der Waals surface area contributed by atoms with Crippen LogP contribution in [0.5, 0.6) is 0 Å². The molecule has 0 radical (unpaired) electrons. The van der Waals surface area contributed by atoms with Crippen molar-refractivity contribution in [2.75, 3.05) is 26.2 Å². The number of sulfonamides is 1. The highest BCUT2D eigenvalue weighted by Gasteiger charge is 2.49. The minimum Gasteiger partial charge on any atom is -0.353 e. The van der Waals surface area contributed by atoms with Gasteiger partial charge in [-0.05, 0) is 44.4 Å². The molecule has 1 N–H and O–H groups in total. The minimum atomic E-state index is -3.56. The third-order valence-electron chi connectivity index (χ3n) is 5.89. The molecule has 2 aliphatic rings. The van der Waals surface area contributed by atoms with Crippen LogP contribution in [0.3, 0.4) is 0 Å². The van der Waals surface area contributed by atoms with Crippen LogP contribution in [-0.2, 0) is 21.4 Å². The smallest absolute Gasteiger partial charge is 0.243 e. The van der Waals surface area contributed by atoms with E-state index in [9.17, 15) is 13.2 Å². The number of carbonyl (C=O) groups is 1. The van der Waals surface area contributed by atoms with Gasteiger partial charge in [0.2, 0.25) is 15.9 Å². The molecule has 0 atom stereocenters. The van der Waals surface area contributed by atoms with E-state index < -0.39 is 15.6 Å². The number of carbonyl (C=O) groups excluding carboxylic acids is 1. The zero-order chi connectivity index (χ0) is 20.6. The first-order valence-corrected chi connectivity index (χ1v) is 12.1. The number of thiazole rings is 1. The Morgan fingerprint density at radius 3 is 2.62 bits per heavy atom. The summed E-state index contributed by atoms with van der Waals surface area (Å²) in [6, 6.07) is 6.98. The predicted molar refractivity (Wildman–Crippen MR) is 112 cm³/mol. The summed E-state index contributed by atoms with van der Waals surface area (Å²) in [5, 5.41) is 6.03. The first kappa shape index (κ1) is 20.5. The summed E-state index contributed by atoms with van der Waals surface area (Å²) in [6.45, 7) is 6.48. The third kappa shape index (κ3) is 3.84. The van der Waals surface area contributed by atoms with Crippen LogP contribution in [0.15, 0.2) is 34.5 Å². The van der Waals surface area contributed by atoms with E-state index in [2.05, 4.69) is 15.2 Å². The number of piperazine rings is 1. The lowest BCUT2D eigenvalue weighted by Crippen LogP contribution is -2.67. The number of rotatable bonds is 4. The van der Waals surface area contributed by atoms with Gasteiger partial charge in [-0.3, -0.25) is 9.69 Å². The van der Waals surface area contributed by atoms with E-state index in [0.717, 1.165) is 22.8 Å². The van der Waals surface area contributed by atoms with Crippen LogP contribution in [0.2, 0.25) is 0 Å². The molecule has 0 unspecified atom stereocenters.